The Morgan fingerprint density at radius 2 is 2.21 bits per heavy atom. The third-order valence-corrected chi connectivity index (χ3v) is 3.29. The Labute approximate surface area is 87.0 Å². The van der Waals surface area contributed by atoms with Crippen molar-refractivity contribution in [2.45, 2.75) is 47.0 Å². The lowest BCUT2D eigenvalue weighted by Crippen LogP contribution is -2.35. The van der Waals surface area contributed by atoms with Crippen LogP contribution in [-0.2, 0) is 4.79 Å². The van der Waals surface area contributed by atoms with Gasteiger partial charge in [-0.3, -0.25) is 0 Å². The van der Waals surface area contributed by atoms with E-state index in [2.05, 4.69) is 20.8 Å². The minimum atomic E-state index is 0.282. The minimum Gasteiger partial charge on any atom is -0.220 e. The molecule has 2 nitrogen and oxygen atoms in total. The van der Waals surface area contributed by atoms with Gasteiger partial charge in [0.05, 0.1) is 6.42 Å². The summed E-state index contributed by atoms with van der Waals surface area (Å²) in [4.78, 5) is 11.6. The lowest BCUT2D eigenvalue weighted by atomic mass is 9.85. The van der Waals surface area contributed by atoms with Crippen LogP contribution in [0.3, 0.4) is 0 Å². The van der Waals surface area contributed by atoms with Gasteiger partial charge >= 0.3 is 5.91 Å². The average molecular weight is 196 g/mol. The van der Waals surface area contributed by atoms with Crippen LogP contribution in [0.15, 0.2) is 0 Å². The van der Waals surface area contributed by atoms with E-state index in [1.54, 1.807) is 0 Å². The molecular weight excluding hydrogens is 174 g/mol. The first-order valence-electron chi connectivity index (χ1n) is 5.69. The Morgan fingerprint density at radius 3 is 2.64 bits per heavy atom. The molecule has 1 atom stereocenters. The zero-order valence-electron chi connectivity index (χ0n) is 9.84. The van der Waals surface area contributed by atoms with Crippen LogP contribution in [0.4, 0.5) is 0 Å². The normalized spacial score (nSPS) is 23.1. The summed E-state index contributed by atoms with van der Waals surface area (Å²) in [5.74, 6) is 1.80. The molecule has 0 radical (unpaired) electrons. The van der Waals surface area contributed by atoms with E-state index in [-0.39, 0.29) is 5.91 Å². The molecule has 0 bridgehead atoms. The second kappa shape index (κ2) is 4.72. The Hall–Kier alpha value is -0.660. The molecule has 0 saturated heterocycles. The molecule has 80 valence electrons. The molecule has 0 N–H and O–H groups in total. The molecule has 1 rings (SSSR count). The van der Waals surface area contributed by atoms with Gasteiger partial charge in [0, 0.05) is 19.8 Å². The molecular formula is C12H22NO+. The Morgan fingerprint density at radius 1 is 1.57 bits per heavy atom. The molecule has 14 heavy (non-hydrogen) atoms. The highest BCUT2D eigenvalue weighted by Crippen LogP contribution is 2.23. The summed E-state index contributed by atoms with van der Waals surface area (Å²) >= 11 is 0. The van der Waals surface area contributed by atoms with E-state index >= 15 is 0 Å². The van der Waals surface area contributed by atoms with Gasteiger partial charge in [0.15, 0.2) is 12.3 Å². The van der Waals surface area contributed by atoms with E-state index in [1.165, 1.54) is 12.1 Å². The number of carbonyl (C=O) groups excluding carboxylic acids is 1. The second-order valence-electron chi connectivity index (χ2n) is 4.63. The van der Waals surface area contributed by atoms with Crippen molar-refractivity contribution in [3.63, 3.8) is 0 Å². The number of rotatable bonds is 2. The molecule has 1 aliphatic rings. The third kappa shape index (κ3) is 2.43. The molecule has 1 unspecified atom stereocenters. The zero-order chi connectivity index (χ0) is 10.7. The predicted molar refractivity (Wildman–Crippen MR) is 58.7 cm³/mol. The number of hydrogen-bond acceptors (Lipinski definition) is 1. The second-order valence-corrected chi connectivity index (χ2v) is 4.63. The van der Waals surface area contributed by atoms with Crippen molar-refractivity contribution in [3.05, 3.63) is 0 Å². The summed E-state index contributed by atoms with van der Waals surface area (Å²) < 4.78 is 1.97. The van der Waals surface area contributed by atoms with E-state index in [1.807, 2.05) is 11.5 Å². The van der Waals surface area contributed by atoms with Crippen molar-refractivity contribution in [3.8, 4) is 0 Å². The van der Waals surface area contributed by atoms with Crippen LogP contribution in [0.2, 0.25) is 0 Å². The summed E-state index contributed by atoms with van der Waals surface area (Å²) in [7, 11) is 0. The van der Waals surface area contributed by atoms with Gasteiger partial charge < -0.3 is 0 Å². The topological polar surface area (TPSA) is 20.1 Å². The summed E-state index contributed by atoms with van der Waals surface area (Å²) in [5, 5.41) is 0. The van der Waals surface area contributed by atoms with Crippen LogP contribution < -0.4 is 0 Å². The smallest absolute Gasteiger partial charge is 0.220 e. The van der Waals surface area contributed by atoms with Crippen LogP contribution >= 0.6 is 0 Å². The van der Waals surface area contributed by atoms with Crippen molar-refractivity contribution in [1.29, 1.82) is 0 Å². The maximum Gasteiger partial charge on any atom is 0.386 e. The molecule has 0 aliphatic carbocycles. The van der Waals surface area contributed by atoms with Gasteiger partial charge in [-0.25, -0.2) is 4.79 Å². The summed E-state index contributed by atoms with van der Waals surface area (Å²) in [6.07, 6.45) is 2.90. The molecule has 0 aromatic heterocycles. The number of nitrogens with zero attached hydrogens (tertiary/aromatic N) is 1. The fourth-order valence-corrected chi connectivity index (χ4v) is 2.17. The molecule has 0 fully saturated rings. The lowest BCUT2D eigenvalue weighted by Gasteiger charge is -2.23. The highest BCUT2D eigenvalue weighted by atomic mass is 16.2. The fraction of sp³-hybridized carbons (Fsp3) is 0.833. The van der Waals surface area contributed by atoms with Crippen LogP contribution in [0.1, 0.15) is 47.0 Å². The van der Waals surface area contributed by atoms with E-state index in [9.17, 15) is 4.79 Å². The molecule has 2 heteroatoms. The Kier molecular flexibility index (Phi) is 3.85. The van der Waals surface area contributed by atoms with E-state index < -0.39 is 0 Å². The SMILES string of the molecule is CCC(=O)[N+]1=C(C)CC(C(C)C)CC1. The Bertz CT molecular complexity index is 253. The van der Waals surface area contributed by atoms with Crippen molar-refractivity contribution in [2.24, 2.45) is 11.8 Å². The summed E-state index contributed by atoms with van der Waals surface area (Å²) in [6, 6.07) is 0. The maximum absolute atomic E-state index is 11.6. The van der Waals surface area contributed by atoms with Gasteiger partial charge in [-0.2, -0.15) is 4.58 Å². The lowest BCUT2D eigenvalue weighted by molar-refractivity contribution is -0.458. The highest BCUT2D eigenvalue weighted by molar-refractivity contribution is 5.84. The molecule has 1 amide bonds. The van der Waals surface area contributed by atoms with Crippen molar-refractivity contribution < 1.29 is 9.37 Å². The first-order valence-corrected chi connectivity index (χ1v) is 5.69. The van der Waals surface area contributed by atoms with Crippen LogP contribution in [0, 0.1) is 11.8 Å². The summed E-state index contributed by atoms with van der Waals surface area (Å²) in [5.41, 5.74) is 1.27. The van der Waals surface area contributed by atoms with Gasteiger partial charge in [0.25, 0.3) is 0 Å². The van der Waals surface area contributed by atoms with Gasteiger partial charge in [0.2, 0.25) is 0 Å². The van der Waals surface area contributed by atoms with Crippen LogP contribution in [0.5, 0.6) is 0 Å². The first kappa shape index (κ1) is 11.4. The van der Waals surface area contributed by atoms with E-state index in [4.69, 9.17) is 0 Å². The van der Waals surface area contributed by atoms with Gasteiger partial charge in [-0.15, -0.1) is 0 Å². The van der Waals surface area contributed by atoms with Crippen molar-refractivity contribution >= 4 is 11.6 Å². The highest BCUT2D eigenvalue weighted by Gasteiger charge is 2.29. The molecule has 0 saturated carbocycles. The maximum atomic E-state index is 11.6. The fourth-order valence-electron chi connectivity index (χ4n) is 2.17. The van der Waals surface area contributed by atoms with Gasteiger partial charge in [-0.05, 0) is 11.8 Å². The number of carbonyl (C=O) groups is 1. The minimum absolute atomic E-state index is 0.282. The number of hydrogen-bond donors (Lipinski definition) is 0. The van der Waals surface area contributed by atoms with Gasteiger partial charge in [-0.1, -0.05) is 20.8 Å². The van der Waals surface area contributed by atoms with Crippen molar-refractivity contribution in [2.75, 3.05) is 6.54 Å². The van der Waals surface area contributed by atoms with Crippen LogP contribution in [-0.4, -0.2) is 22.7 Å². The predicted octanol–water partition coefficient (Wildman–Crippen LogP) is 2.46. The van der Waals surface area contributed by atoms with E-state index in [0.29, 0.717) is 6.42 Å². The average Bonchev–Trinajstić information content (AvgIpc) is 2.16. The Balaban J connectivity index is 2.72. The molecule has 0 aromatic rings. The molecule has 1 aliphatic heterocycles. The van der Waals surface area contributed by atoms with E-state index in [0.717, 1.165) is 24.8 Å². The molecule has 0 spiro atoms. The third-order valence-electron chi connectivity index (χ3n) is 3.29. The van der Waals surface area contributed by atoms with Crippen molar-refractivity contribution in [1.82, 2.24) is 0 Å². The van der Waals surface area contributed by atoms with Crippen LogP contribution in [0.25, 0.3) is 0 Å². The van der Waals surface area contributed by atoms with Gasteiger partial charge in [0.1, 0.15) is 0 Å². The monoisotopic (exact) mass is 196 g/mol. The molecule has 1 heterocycles. The quantitative estimate of drug-likeness (QED) is 0.621. The zero-order valence-corrected chi connectivity index (χ0v) is 9.84. The largest absolute Gasteiger partial charge is 0.386 e. The number of amides is 1. The molecule has 0 aromatic carbocycles. The first-order chi connectivity index (χ1) is 6.56. The standard InChI is InChI=1S/C12H22NO/c1-5-12(14)13-7-6-11(9(2)3)8-10(13)4/h9,11H,5-8H2,1-4H3/q+1. The summed E-state index contributed by atoms with van der Waals surface area (Å²) in [6.45, 7) is 9.51.